The molecule has 0 aliphatic carbocycles. The minimum Gasteiger partial charge on any atom is -0.384 e. The predicted octanol–water partition coefficient (Wildman–Crippen LogP) is 2.11. The van der Waals surface area contributed by atoms with Gasteiger partial charge in [-0.3, -0.25) is 5.41 Å². The lowest BCUT2D eigenvalue weighted by atomic mass is 10.1. The fourth-order valence-corrected chi connectivity index (χ4v) is 2.30. The molecule has 0 saturated heterocycles. The Morgan fingerprint density at radius 3 is 2.60 bits per heavy atom. The van der Waals surface area contributed by atoms with Crippen molar-refractivity contribution in [2.75, 3.05) is 38.9 Å². The summed E-state index contributed by atoms with van der Waals surface area (Å²) in [5, 5.41) is 8.00. The number of ether oxygens (including phenoxy) is 2. The van der Waals surface area contributed by atoms with E-state index in [0.717, 1.165) is 5.69 Å². The molecule has 0 radical (unpaired) electrons. The van der Waals surface area contributed by atoms with Crippen molar-refractivity contribution in [3.05, 3.63) is 28.8 Å². The summed E-state index contributed by atoms with van der Waals surface area (Å²) in [6.45, 7) is 3.96. The van der Waals surface area contributed by atoms with E-state index in [-0.39, 0.29) is 11.9 Å². The summed E-state index contributed by atoms with van der Waals surface area (Å²) in [7, 11) is 3.34. The van der Waals surface area contributed by atoms with E-state index in [2.05, 4.69) is 11.8 Å². The molecule has 0 spiro atoms. The van der Waals surface area contributed by atoms with Crippen LogP contribution < -0.4 is 10.6 Å². The molecule has 3 N–H and O–H groups in total. The fraction of sp³-hybridized carbons (Fsp3) is 0.500. The third kappa shape index (κ3) is 4.37. The lowest BCUT2D eigenvalue weighted by Crippen LogP contribution is -2.38. The minimum absolute atomic E-state index is 0.00633. The van der Waals surface area contributed by atoms with Gasteiger partial charge in [0, 0.05) is 32.4 Å². The zero-order chi connectivity index (χ0) is 15.1. The van der Waals surface area contributed by atoms with Crippen LogP contribution in [0.15, 0.2) is 18.2 Å². The molecule has 6 heteroatoms. The van der Waals surface area contributed by atoms with Gasteiger partial charge >= 0.3 is 0 Å². The maximum atomic E-state index is 7.44. The summed E-state index contributed by atoms with van der Waals surface area (Å²) in [4.78, 5) is 2.12. The molecule has 1 aromatic carbocycles. The summed E-state index contributed by atoms with van der Waals surface area (Å²) < 4.78 is 10.4. The molecule has 0 aliphatic heterocycles. The van der Waals surface area contributed by atoms with E-state index in [1.807, 2.05) is 6.07 Å². The second-order valence-electron chi connectivity index (χ2n) is 4.57. The van der Waals surface area contributed by atoms with Crippen LogP contribution in [-0.4, -0.2) is 45.9 Å². The van der Waals surface area contributed by atoms with E-state index in [4.69, 9.17) is 32.2 Å². The van der Waals surface area contributed by atoms with Gasteiger partial charge in [-0.25, -0.2) is 0 Å². The number of anilines is 1. The Morgan fingerprint density at radius 1 is 1.40 bits per heavy atom. The van der Waals surface area contributed by atoms with Gasteiger partial charge < -0.3 is 20.1 Å². The minimum atomic E-state index is 0.00633. The number of nitrogens with two attached hydrogens (primary N) is 1. The van der Waals surface area contributed by atoms with Crippen LogP contribution in [0.25, 0.3) is 0 Å². The van der Waals surface area contributed by atoms with Gasteiger partial charge in [-0.2, -0.15) is 0 Å². The summed E-state index contributed by atoms with van der Waals surface area (Å²) in [5.41, 5.74) is 6.97. The zero-order valence-electron chi connectivity index (χ0n) is 12.1. The molecule has 0 bridgehead atoms. The first-order valence-corrected chi connectivity index (χ1v) is 6.77. The molecule has 0 heterocycles. The molecular formula is C14H22ClN3O2. The van der Waals surface area contributed by atoms with Gasteiger partial charge in [-0.05, 0) is 25.1 Å². The first kappa shape index (κ1) is 16.8. The van der Waals surface area contributed by atoms with Gasteiger partial charge in [-0.15, -0.1) is 0 Å². The van der Waals surface area contributed by atoms with Crippen molar-refractivity contribution in [1.29, 1.82) is 5.41 Å². The van der Waals surface area contributed by atoms with Crippen LogP contribution in [0.5, 0.6) is 0 Å². The van der Waals surface area contributed by atoms with Gasteiger partial charge in [0.2, 0.25) is 0 Å². The summed E-state index contributed by atoms with van der Waals surface area (Å²) in [6.07, 6.45) is 0. The Balaban J connectivity index is 3.03. The number of hydrogen-bond acceptors (Lipinski definition) is 4. The smallest absolute Gasteiger partial charge is 0.122 e. The maximum Gasteiger partial charge on any atom is 0.122 e. The standard InChI is InChI=1S/C14H22ClN3O2/c1-10(9-20-3)18(6-7-19-2)13-5-4-11(14(16)17)8-12(13)15/h4-5,8,10H,6-7,9H2,1-3H3,(H3,16,17). The Morgan fingerprint density at radius 2 is 2.10 bits per heavy atom. The summed E-state index contributed by atoms with van der Waals surface area (Å²) in [6, 6.07) is 5.54. The quantitative estimate of drug-likeness (QED) is 0.570. The average Bonchev–Trinajstić information content (AvgIpc) is 2.40. The molecule has 1 rings (SSSR count). The molecule has 0 amide bonds. The fourth-order valence-electron chi connectivity index (χ4n) is 2.01. The van der Waals surface area contributed by atoms with Crippen LogP contribution in [-0.2, 0) is 9.47 Å². The highest BCUT2D eigenvalue weighted by molar-refractivity contribution is 6.33. The van der Waals surface area contributed by atoms with Crippen molar-refractivity contribution in [3.8, 4) is 0 Å². The zero-order valence-corrected chi connectivity index (χ0v) is 12.9. The first-order valence-electron chi connectivity index (χ1n) is 6.39. The van der Waals surface area contributed by atoms with Gasteiger partial charge in [0.25, 0.3) is 0 Å². The molecule has 0 fully saturated rings. The van der Waals surface area contributed by atoms with Crippen molar-refractivity contribution >= 4 is 23.1 Å². The number of methoxy groups -OCH3 is 2. The summed E-state index contributed by atoms with van der Waals surface area (Å²) >= 11 is 6.32. The molecule has 112 valence electrons. The molecule has 1 aromatic rings. The highest BCUT2D eigenvalue weighted by Gasteiger charge is 2.17. The lowest BCUT2D eigenvalue weighted by Gasteiger charge is -2.31. The Bertz CT molecular complexity index is 454. The van der Waals surface area contributed by atoms with Crippen LogP contribution in [0, 0.1) is 5.41 Å². The number of nitrogen functional groups attached to an aromatic ring is 1. The normalized spacial score (nSPS) is 12.2. The van der Waals surface area contributed by atoms with E-state index in [0.29, 0.717) is 30.3 Å². The van der Waals surface area contributed by atoms with Gasteiger partial charge in [0.05, 0.1) is 23.9 Å². The van der Waals surface area contributed by atoms with Crippen LogP contribution in [0.4, 0.5) is 5.69 Å². The number of amidine groups is 1. The number of hydrogen-bond donors (Lipinski definition) is 2. The summed E-state index contributed by atoms with van der Waals surface area (Å²) in [5.74, 6) is 0.00633. The number of benzene rings is 1. The third-order valence-corrected chi connectivity index (χ3v) is 3.35. The van der Waals surface area contributed by atoms with Crippen LogP contribution in [0.2, 0.25) is 5.02 Å². The van der Waals surface area contributed by atoms with Crippen LogP contribution in [0.1, 0.15) is 12.5 Å². The van der Waals surface area contributed by atoms with Crippen molar-refractivity contribution < 1.29 is 9.47 Å². The second kappa shape index (κ2) is 8.09. The highest BCUT2D eigenvalue weighted by Crippen LogP contribution is 2.28. The maximum absolute atomic E-state index is 7.44. The van der Waals surface area contributed by atoms with Crippen molar-refractivity contribution in [3.63, 3.8) is 0 Å². The largest absolute Gasteiger partial charge is 0.384 e. The van der Waals surface area contributed by atoms with E-state index < -0.39 is 0 Å². The second-order valence-corrected chi connectivity index (χ2v) is 4.98. The molecule has 1 unspecified atom stereocenters. The molecular weight excluding hydrogens is 278 g/mol. The number of nitrogens with zero attached hydrogens (tertiary/aromatic N) is 1. The van der Waals surface area contributed by atoms with E-state index in [9.17, 15) is 0 Å². The van der Waals surface area contributed by atoms with Crippen molar-refractivity contribution in [1.82, 2.24) is 0 Å². The van der Waals surface area contributed by atoms with E-state index in [1.165, 1.54) is 0 Å². The molecule has 1 atom stereocenters. The highest BCUT2D eigenvalue weighted by atomic mass is 35.5. The topological polar surface area (TPSA) is 71.6 Å². The number of halogens is 1. The Hall–Kier alpha value is -1.30. The SMILES string of the molecule is COCCN(c1ccc(C(=N)N)cc1Cl)C(C)COC. The monoisotopic (exact) mass is 299 g/mol. The Kier molecular flexibility index (Phi) is 6.78. The van der Waals surface area contributed by atoms with E-state index >= 15 is 0 Å². The Labute approximate surface area is 125 Å². The molecule has 20 heavy (non-hydrogen) atoms. The van der Waals surface area contributed by atoms with Crippen LogP contribution >= 0.6 is 11.6 Å². The van der Waals surface area contributed by atoms with Gasteiger partial charge in [-0.1, -0.05) is 11.6 Å². The lowest BCUT2D eigenvalue weighted by molar-refractivity contribution is 0.171. The number of nitrogens with one attached hydrogen (secondary N) is 1. The van der Waals surface area contributed by atoms with Crippen LogP contribution in [0.3, 0.4) is 0 Å². The van der Waals surface area contributed by atoms with Gasteiger partial charge in [0.1, 0.15) is 5.84 Å². The van der Waals surface area contributed by atoms with Crippen molar-refractivity contribution in [2.45, 2.75) is 13.0 Å². The third-order valence-electron chi connectivity index (χ3n) is 3.04. The molecule has 0 saturated carbocycles. The van der Waals surface area contributed by atoms with Crippen molar-refractivity contribution in [2.24, 2.45) is 5.73 Å². The van der Waals surface area contributed by atoms with E-state index in [1.54, 1.807) is 26.4 Å². The molecule has 5 nitrogen and oxygen atoms in total. The predicted molar refractivity (Wildman–Crippen MR) is 83.0 cm³/mol. The molecule has 0 aliphatic rings. The average molecular weight is 300 g/mol. The first-order chi connectivity index (χ1) is 9.51. The number of rotatable bonds is 8. The molecule has 0 aromatic heterocycles. The van der Waals surface area contributed by atoms with Gasteiger partial charge in [0.15, 0.2) is 0 Å².